The molecule has 0 atom stereocenters. The molecule has 4 rings (SSSR count). The van der Waals surface area contributed by atoms with Crippen LogP contribution < -0.4 is 16.0 Å². The van der Waals surface area contributed by atoms with Gasteiger partial charge in [-0.1, -0.05) is 29.8 Å². The van der Waals surface area contributed by atoms with Crippen molar-refractivity contribution in [2.24, 2.45) is 0 Å². The van der Waals surface area contributed by atoms with Crippen molar-refractivity contribution >= 4 is 17.6 Å². The number of nitrogens with zero attached hydrogens (tertiary/aromatic N) is 5. The number of rotatable bonds is 6. The van der Waals surface area contributed by atoms with Crippen LogP contribution in [0.4, 0.5) is 22.0 Å². The Hall–Kier alpha value is -3.26. The van der Waals surface area contributed by atoms with E-state index in [2.05, 4.69) is 61.3 Å². The van der Waals surface area contributed by atoms with Gasteiger partial charge in [0.25, 0.3) is 0 Å². The van der Waals surface area contributed by atoms with E-state index in [-0.39, 0.29) is 11.8 Å². The van der Waals surface area contributed by atoms with Crippen molar-refractivity contribution in [2.75, 3.05) is 42.1 Å². The van der Waals surface area contributed by atoms with E-state index >= 15 is 0 Å². The second-order valence-corrected chi connectivity index (χ2v) is 7.51. The van der Waals surface area contributed by atoms with Gasteiger partial charge >= 0.3 is 0 Å². The second kappa shape index (κ2) is 9.04. The summed E-state index contributed by atoms with van der Waals surface area (Å²) >= 11 is 0. The average Bonchev–Trinajstić information content (AvgIpc) is 2.74. The summed E-state index contributed by atoms with van der Waals surface area (Å²) in [6, 6.07) is 15.0. The molecule has 1 aliphatic rings. The Kier molecular flexibility index (Phi) is 6.04. The predicted octanol–water partition coefficient (Wildman–Crippen LogP) is 2.84. The zero-order valence-corrected chi connectivity index (χ0v) is 17.1. The Morgan fingerprint density at radius 3 is 2.33 bits per heavy atom. The third-order valence-electron chi connectivity index (χ3n) is 5.20. The maximum atomic E-state index is 13.1. The van der Waals surface area contributed by atoms with Crippen LogP contribution in [-0.4, -0.2) is 46.0 Å². The highest BCUT2D eigenvalue weighted by Crippen LogP contribution is 2.18. The summed E-state index contributed by atoms with van der Waals surface area (Å²) in [4.78, 5) is 17.6. The number of nitrogen functional groups attached to an aromatic ring is 1. The molecule has 0 amide bonds. The van der Waals surface area contributed by atoms with Gasteiger partial charge in [-0.05, 0) is 36.8 Å². The van der Waals surface area contributed by atoms with Crippen LogP contribution in [0, 0.1) is 12.7 Å². The second-order valence-electron chi connectivity index (χ2n) is 7.51. The van der Waals surface area contributed by atoms with Crippen LogP contribution >= 0.6 is 0 Å². The van der Waals surface area contributed by atoms with E-state index in [0.29, 0.717) is 24.9 Å². The van der Waals surface area contributed by atoms with Crippen molar-refractivity contribution < 1.29 is 4.39 Å². The highest BCUT2D eigenvalue weighted by atomic mass is 19.1. The fourth-order valence-electron chi connectivity index (χ4n) is 3.49. The summed E-state index contributed by atoms with van der Waals surface area (Å²) in [6.07, 6.45) is 0. The van der Waals surface area contributed by atoms with Crippen molar-refractivity contribution in [3.05, 3.63) is 71.3 Å². The van der Waals surface area contributed by atoms with Crippen LogP contribution in [0.1, 0.15) is 17.0 Å². The molecule has 1 saturated heterocycles. The normalized spacial score (nSPS) is 14.7. The van der Waals surface area contributed by atoms with Gasteiger partial charge in [0.05, 0.1) is 6.54 Å². The lowest BCUT2D eigenvalue weighted by atomic mass is 10.1. The fraction of sp³-hybridized carbons (Fsp3) is 0.318. The zero-order chi connectivity index (χ0) is 20.9. The van der Waals surface area contributed by atoms with Gasteiger partial charge in [0.15, 0.2) is 0 Å². The van der Waals surface area contributed by atoms with Crippen LogP contribution in [0.2, 0.25) is 0 Å². The molecule has 3 aromatic rings. The minimum atomic E-state index is -0.211. The number of halogens is 1. The lowest BCUT2D eigenvalue weighted by molar-refractivity contribution is 0.244. The quantitative estimate of drug-likeness (QED) is 0.650. The van der Waals surface area contributed by atoms with Crippen LogP contribution in [0.15, 0.2) is 48.5 Å². The van der Waals surface area contributed by atoms with Gasteiger partial charge in [-0.2, -0.15) is 15.0 Å². The fourth-order valence-corrected chi connectivity index (χ4v) is 3.49. The van der Waals surface area contributed by atoms with Gasteiger partial charge < -0.3 is 16.0 Å². The molecule has 1 fully saturated rings. The molecule has 0 bridgehead atoms. The first-order valence-electron chi connectivity index (χ1n) is 10.1. The molecule has 0 spiro atoms. The Bertz CT molecular complexity index is 968. The number of nitrogens with two attached hydrogens (primary N) is 1. The molecule has 0 unspecified atom stereocenters. The van der Waals surface area contributed by atoms with E-state index < -0.39 is 0 Å². The molecule has 156 valence electrons. The van der Waals surface area contributed by atoms with Crippen molar-refractivity contribution in [3.63, 3.8) is 0 Å². The standard InChI is InChI=1S/C22H26FN7/c1-16-2-4-17(5-3-16)14-25-22-27-20(26-21(24)28-22)15-29-10-12-30(13-11-29)19-8-6-18(23)7-9-19/h2-9H,10-15H2,1H3,(H3,24,25,26,27,28). The molecule has 1 aliphatic heterocycles. The van der Waals surface area contributed by atoms with Crippen molar-refractivity contribution in [3.8, 4) is 0 Å². The highest BCUT2D eigenvalue weighted by molar-refractivity contribution is 5.46. The van der Waals surface area contributed by atoms with Gasteiger partial charge in [-0.25, -0.2) is 4.39 Å². The first kappa shape index (κ1) is 20.0. The molecule has 7 nitrogen and oxygen atoms in total. The molecule has 0 radical (unpaired) electrons. The number of aryl methyl sites for hydroxylation is 1. The minimum absolute atomic E-state index is 0.211. The lowest BCUT2D eigenvalue weighted by Crippen LogP contribution is -2.46. The third-order valence-corrected chi connectivity index (χ3v) is 5.20. The van der Waals surface area contributed by atoms with Crippen LogP contribution in [0.3, 0.4) is 0 Å². The summed E-state index contributed by atoms with van der Waals surface area (Å²) in [5.41, 5.74) is 9.33. The van der Waals surface area contributed by atoms with E-state index in [1.165, 1.54) is 17.7 Å². The molecule has 2 aromatic carbocycles. The third kappa shape index (κ3) is 5.21. The number of hydrogen-bond donors (Lipinski definition) is 2. The number of aromatic nitrogens is 3. The van der Waals surface area contributed by atoms with E-state index in [0.717, 1.165) is 37.4 Å². The Labute approximate surface area is 175 Å². The molecule has 1 aromatic heterocycles. The smallest absolute Gasteiger partial charge is 0.228 e. The van der Waals surface area contributed by atoms with Crippen molar-refractivity contribution in [1.82, 2.24) is 19.9 Å². The topological polar surface area (TPSA) is 83.2 Å². The van der Waals surface area contributed by atoms with Gasteiger partial charge in [0.2, 0.25) is 11.9 Å². The molecule has 0 aliphatic carbocycles. The first-order chi connectivity index (χ1) is 14.5. The molecule has 8 heteroatoms. The van der Waals surface area contributed by atoms with Crippen molar-refractivity contribution in [1.29, 1.82) is 0 Å². The zero-order valence-electron chi connectivity index (χ0n) is 17.1. The Morgan fingerprint density at radius 1 is 0.933 bits per heavy atom. The van der Waals surface area contributed by atoms with E-state index in [9.17, 15) is 4.39 Å². The van der Waals surface area contributed by atoms with Gasteiger partial charge in [-0.3, -0.25) is 4.90 Å². The average molecular weight is 407 g/mol. The first-order valence-corrected chi connectivity index (χ1v) is 10.1. The Morgan fingerprint density at radius 2 is 1.63 bits per heavy atom. The molecule has 0 saturated carbocycles. The van der Waals surface area contributed by atoms with Crippen LogP contribution in [0.25, 0.3) is 0 Å². The summed E-state index contributed by atoms with van der Waals surface area (Å²) in [7, 11) is 0. The summed E-state index contributed by atoms with van der Waals surface area (Å²) in [5, 5.41) is 3.23. The molecular formula is C22H26FN7. The van der Waals surface area contributed by atoms with Crippen LogP contribution in [-0.2, 0) is 13.1 Å². The summed E-state index contributed by atoms with van der Waals surface area (Å²) in [5.74, 6) is 1.15. The molecular weight excluding hydrogens is 381 g/mol. The van der Waals surface area contributed by atoms with E-state index in [1.54, 1.807) is 0 Å². The largest absolute Gasteiger partial charge is 0.369 e. The minimum Gasteiger partial charge on any atom is -0.369 e. The number of piperazine rings is 1. The number of hydrogen-bond acceptors (Lipinski definition) is 7. The molecule has 30 heavy (non-hydrogen) atoms. The number of nitrogens with one attached hydrogen (secondary N) is 1. The monoisotopic (exact) mass is 407 g/mol. The summed E-state index contributed by atoms with van der Waals surface area (Å²) < 4.78 is 13.1. The SMILES string of the molecule is Cc1ccc(CNc2nc(N)nc(CN3CCN(c4ccc(F)cc4)CC3)n2)cc1. The number of benzene rings is 2. The predicted molar refractivity (Wildman–Crippen MR) is 117 cm³/mol. The summed E-state index contributed by atoms with van der Waals surface area (Å²) in [6.45, 7) is 6.78. The number of anilines is 3. The molecule has 3 N–H and O–H groups in total. The maximum absolute atomic E-state index is 13.1. The molecule has 2 heterocycles. The van der Waals surface area contributed by atoms with Gasteiger partial charge in [-0.15, -0.1) is 0 Å². The van der Waals surface area contributed by atoms with Crippen molar-refractivity contribution in [2.45, 2.75) is 20.0 Å². The maximum Gasteiger partial charge on any atom is 0.228 e. The van der Waals surface area contributed by atoms with Gasteiger partial charge in [0, 0.05) is 38.4 Å². The highest BCUT2D eigenvalue weighted by Gasteiger charge is 2.19. The van der Waals surface area contributed by atoms with Crippen LogP contribution in [0.5, 0.6) is 0 Å². The Balaban J connectivity index is 1.33. The van der Waals surface area contributed by atoms with E-state index in [4.69, 9.17) is 5.73 Å². The van der Waals surface area contributed by atoms with E-state index in [1.807, 2.05) is 12.1 Å². The van der Waals surface area contributed by atoms with Gasteiger partial charge in [0.1, 0.15) is 11.6 Å². The lowest BCUT2D eigenvalue weighted by Gasteiger charge is -2.35.